The maximum atomic E-state index is 13.1. The summed E-state index contributed by atoms with van der Waals surface area (Å²) >= 11 is 0. The van der Waals surface area contributed by atoms with Gasteiger partial charge in [-0.1, -0.05) is 33.3 Å². The van der Waals surface area contributed by atoms with Crippen molar-refractivity contribution in [2.45, 2.75) is 89.7 Å². The van der Waals surface area contributed by atoms with E-state index >= 15 is 0 Å². The predicted octanol–water partition coefficient (Wildman–Crippen LogP) is 1.94. The molecule has 2 aliphatic heterocycles. The molecule has 1 aromatic heterocycles. The molecule has 6 rings (SSSR count). The highest BCUT2D eigenvalue weighted by Crippen LogP contribution is 2.76. The van der Waals surface area contributed by atoms with E-state index in [0.717, 1.165) is 0 Å². The number of esters is 3. The van der Waals surface area contributed by atoms with Crippen LogP contribution in [0, 0.1) is 28.1 Å². The summed E-state index contributed by atoms with van der Waals surface area (Å²) in [4.78, 5) is 38.5. The number of rotatable bonds is 3. The van der Waals surface area contributed by atoms with E-state index in [-0.39, 0.29) is 6.42 Å². The van der Waals surface area contributed by atoms with Crippen LogP contribution in [0.1, 0.15) is 65.5 Å². The van der Waals surface area contributed by atoms with Gasteiger partial charge in [0.15, 0.2) is 17.8 Å². The number of ether oxygens (including phenoxy) is 4. The van der Waals surface area contributed by atoms with Crippen LogP contribution in [-0.4, -0.2) is 70.0 Å². The van der Waals surface area contributed by atoms with Gasteiger partial charge in [-0.15, -0.1) is 0 Å². The first-order valence-electron chi connectivity index (χ1n) is 13.6. The van der Waals surface area contributed by atoms with E-state index in [1.807, 2.05) is 6.92 Å². The molecule has 11 nitrogen and oxygen atoms in total. The van der Waals surface area contributed by atoms with Crippen molar-refractivity contribution < 1.29 is 53.1 Å². The molecule has 0 amide bonds. The van der Waals surface area contributed by atoms with Gasteiger partial charge >= 0.3 is 17.9 Å². The number of cyclic esters (lactones) is 1. The summed E-state index contributed by atoms with van der Waals surface area (Å²) in [7, 11) is 1.22. The second-order valence-electron chi connectivity index (χ2n) is 13.1. The average molecular weight is 561 g/mol. The van der Waals surface area contributed by atoms with Crippen molar-refractivity contribution in [3.05, 3.63) is 35.3 Å². The topological polar surface area (TPSA) is 162 Å². The Balaban J connectivity index is 1.63. The molecule has 40 heavy (non-hydrogen) atoms. The van der Waals surface area contributed by atoms with Crippen LogP contribution in [0.5, 0.6) is 0 Å². The van der Waals surface area contributed by atoms with Crippen LogP contribution in [0.2, 0.25) is 0 Å². The number of hydrogen-bond donors (Lipinski definition) is 3. The van der Waals surface area contributed by atoms with E-state index < -0.39 is 81.8 Å². The minimum atomic E-state index is -2.31. The molecule has 3 N–H and O–H groups in total. The molecule has 0 radical (unpaired) electrons. The van der Waals surface area contributed by atoms with E-state index in [2.05, 4.69) is 0 Å². The monoisotopic (exact) mass is 560 g/mol. The van der Waals surface area contributed by atoms with Gasteiger partial charge in [0.25, 0.3) is 0 Å². The van der Waals surface area contributed by atoms with Gasteiger partial charge in [0, 0.05) is 41.1 Å². The molecule has 4 bridgehead atoms. The normalized spacial score (nSPS) is 46.7. The van der Waals surface area contributed by atoms with Gasteiger partial charge in [-0.2, -0.15) is 0 Å². The highest BCUT2D eigenvalue weighted by molar-refractivity contribution is 5.81. The molecule has 2 saturated heterocycles. The first-order chi connectivity index (χ1) is 18.6. The fourth-order valence-corrected chi connectivity index (χ4v) is 9.50. The predicted molar refractivity (Wildman–Crippen MR) is 134 cm³/mol. The Morgan fingerprint density at radius 1 is 1.15 bits per heavy atom. The fraction of sp³-hybridized carbons (Fsp3) is 0.690. The lowest BCUT2D eigenvalue weighted by Gasteiger charge is -2.68. The minimum Gasteiger partial charge on any atom is -0.472 e. The summed E-state index contributed by atoms with van der Waals surface area (Å²) in [6.07, 6.45) is -1.27. The molecule has 0 aromatic carbocycles. The highest BCUT2D eigenvalue weighted by Gasteiger charge is 2.86. The van der Waals surface area contributed by atoms with E-state index in [9.17, 15) is 29.7 Å². The van der Waals surface area contributed by atoms with Gasteiger partial charge in [-0.25, -0.2) is 9.59 Å². The van der Waals surface area contributed by atoms with Gasteiger partial charge < -0.3 is 38.7 Å². The number of furan rings is 1. The first kappa shape index (κ1) is 27.4. The van der Waals surface area contributed by atoms with E-state index in [1.54, 1.807) is 26.8 Å². The summed E-state index contributed by atoms with van der Waals surface area (Å²) in [6, 6.07) is 1.71. The number of fused-ring (bicyclic) bond motifs is 2. The van der Waals surface area contributed by atoms with Crippen LogP contribution in [0.3, 0.4) is 0 Å². The smallest absolute Gasteiger partial charge is 0.339 e. The second-order valence-corrected chi connectivity index (χ2v) is 13.1. The maximum absolute atomic E-state index is 13.1. The number of carbonyl (C=O) groups is 3. The summed E-state index contributed by atoms with van der Waals surface area (Å²) < 4.78 is 27.9. The zero-order valence-electron chi connectivity index (χ0n) is 23.4. The average Bonchev–Trinajstić information content (AvgIpc) is 3.48. The Bertz CT molecular complexity index is 1310. The summed E-state index contributed by atoms with van der Waals surface area (Å²) in [5.41, 5.74) is -3.84. The third-order valence-electron chi connectivity index (χ3n) is 10.9. The summed E-state index contributed by atoms with van der Waals surface area (Å²) in [5.74, 6) is -5.81. The third-order valence-corrected chi connectivity index (χ3v) is 10.9. The SMILES string of the molecule is COC(=O)[C@H]1O[C@]2(O)[C@@]3(O)CC4=C5[C@@H](O)C(=O)O[C@@H](c6ccoc6)[C@]5(C)CCC4[C@]2(C)[C@@H]1C(C)(C)[C@@H]3OC(C)=O. The third kappa shape index (κ3) is 2.96. The van der Waals surface area contributed by atoms with E-state index in [0.29, 0.717) is 29.6 Å². The number of aliphatic hydroxyl groups excluding tert-OH is 1. The molecule has 10 atom stereocenters. The molecule has 2 saturated carbocycles. The first-order valence-corrected chi connectivity index (χ1v) is 13.6. The molecule has 3 aliphatic carbocycles. The van der Waals surface area contributed by atoms with Crippen LogP contribution >= 0.6 is 0 Å². The molecule has 5 aliphatic rings. The van der Waals surface area contributed by atoms with E-state index in [1.165, 1.54) is 26.6 Å². The minimum absolute atomic E-state index is 0.265. The molecular weight excluding hydrogens is 524 g/mol. The number of carbonyl (C=O) groups excluding carboxylic acids is 3. The second kappa shape index (κ2) is 8.18. The summed E-state index contributed by atoms with van der Waals surface area (Å²) in [6.45, 7) is 8.45. The number of methoxy groups -OCH3 is 1. The lowest BCUT2D eigenvalue weighted by Crippen LogP contribution is -2.80. The Hall–Kier alpha value is -2.73. The van der Waals surface area contributed by atoms with Gasteiger partial charge in [-0.05, 0) is 30.4 Å². The van der Waals surface area contributed by atoms with Crippen molar-refractivity contribution in [3.8, 4) is 0 Å². The number of aliphatic hydroxyl groups is 3. The van der Waals surface area contributed by atoms with Gasteiger partial charge in [0.2, 0.25) is 5.79 Å². The van der Waals surface area contributed by atoms with Crippen LogP contribution < -0.4 is 0 Å². The highest BCUT2D eigenvalue weighted by atomic mass is 16.7. The largest absolute Gasteiger partial charge is 0.472 e. The Kier molecular flexibility index (Phi) is 5.61. The van der Waals surface area contributed by atoms with Crippen LogP contribution in [0.15, 0.2) is 34.2 Å². The van der Waals surface area contributed by atoms with Crippen molar-refractivity contribution in [1.82, 2.24) is 0 Å². The molecule has 1 aromatic rings. The van der Waals surface area contributed by atoms with Crippen molar-refractivity contribution in [2.24, 2.45) is 28.1 Å². The lowest BCUT2D eigenvalue weighted by atomic mass is 9.38. The van der Waals surface area contributed by atoms with Gasteiger partial charge in [-0.3, -0.25) is 4.79 Å². The van der Waals surface area contributed by atoms with Crippen LogP contribution in [-0.2, 0) is 33.3 Å². The van der Waals surface area contributed by atoms with Crippen molar-refractivity contribution >= 4 is 17.9 Å². The molecule has 0 spiro atoms. The standard InChI is InChI=1S/C29H36O11/c1-13(30)38-24-25(2,3)20-19(23(33)36-6)40-29(35)27(20,5)16-7-9-26(4)17(15(16)11-28(24,29)34)18(31)22(32)39-21(26)14-8-10-37-12-14/h8,10,12,16,18-21,24,31,34-35H,7,9,11H2,1-6H3/t16?,18-,19+,20+,21+,24+,26-,27-,28-,29+/m1/s1. The zero-order chi connectivity index (χ0) is 29.2. The maximum Gasteiger partial charge on any atom is 0.339 e. The Morgan fingerprint density at radius 3 is 2.45 bits per heavy atom. The van der Waals surface area contributed by atoms with Crippen LogP contribution in [0.4, 0.5) is 0 Å². The zero-order valence-corrected chi connectivity index (χ0v) is 23.4. The Labute approximate surface area is 231 Å². The molecule has 4 fully saturated rings. The molecule has 3 heterocycles. The summed E-state index contributed by atoms with van der Waals surface area (Å²) in [5, 5.41) is 36.3. The molecule has 1 unspecified atom stereocenters. The molecule has 11 heteroatoms. The molecular formula is C29H36O11. The quantitative estimate of drug-likeness (QED) is 0.281. The fourth-order valence-electron chi connectivity index (χ4n) is 9.50. The van der Waals surface area contributed by atoms with E-state index in [4.69, 9.17) is 23.4 Å². The van der Waals surface area contributed by atoms with Crippen LogP contribution in [0.25, 0.3) is 0 Å². The van der Waals surface area contributed by atoms with Crippen molar-refractivity contribution in [2.75, 3.05) is 7.11 Å². The lowest BCUT2D eigenvalue weighted by molar-refractivity contribution is -0.388. The molecule has 218 valence electrons. The van der Waals surface area contributed by atoms with Gasteiger partial charge in [0.05, 0.1) is 19.6 Å². The van der Waals surface area contributed by atoms with Crippen molar-refractivity contribution in [3.63, 3.8) is 0 Å². The Morgan fingerprint density at radius 2 is 1.85 bits per heavy atom. The van der Waals surface area contributed by atoms with Gasteiger partial charge in [0.1, 0.15) is 12.2 Å². The number of hydrogen-bond acceptors (Lipinski definition) is 11. The van der Waals surface area contributed by atoms with Crippen molar-refractivity contribution in [1.29, 1.82) is 0 Å².